The summed E-state index contributed by atoms with van der Waals surface area (Å²) in [6.07, 6.45) is 4.00. The number of hydrogen-bond donors (Lipinski definition) is 1. The van der Waals surface area contributed by atoms with Gasteiger partial charge in [-0.2, -0.15) is 5.10 Å². The minimum Gasteiger partial charge on any atom is -0.307 e. The van der Waals surface area contributed by atoms with Gasteiger partial charge >= 0.3 is 0 Å². The van der Waals surface area contributed by atoms with E-state index in [0.717, 1.165) is 5.56 Å². The zero-order valence-electron chi connectivity index (χ0n) is 17.8. The fraction of sp³-hybridized carbons (Fsp3) is 0.304. The highest BCUT2D eigenvalue weighted by atomic mass is 32.2. The molecule has 0 aliphatic heterocycles. The molecule has 1 atom stereocenters. The molecule has 0 saturated heterocycles. The van der Waals surface area contributed by atoms with E-state index in [4.69, 9.17) is 0 Å². The van der Waals surface area contributed by atoms with Gasteiger partial charge in [0.2, 0.25) is 0 Å². The number of aryl methyl sites for hydroxylation is 1. The first-order valence-electron chi connectivity index (χ1n) is 10.3. The van der Waals surface area contributed by atoms with Gasteiger partial charge < -0.3 is 5.32 Å². The van der Waals surface area contributed by atoms with Gasteiger partial charge in [-0.1, -0.05) is 23.8 Å². The second-order valence-corrected chi connectivity index (χ2v) is 10.00. The van der Waals surface area contributed by atoms with Crippen LogP contribution in [0.15, 0.2) is 65.7 Å². The van der Waals surface area contributed by atoms with Crippen molar-refractivity contribution in [3.63, 3.8) is 0 Å². The topological polar surface area (TPSA) is 84.3 Å². The van der Waals surface area contributed by atoms with E-state index in [9.17, 15) is 13.2 Å². The second-order valence-electron chi connectivity index (χ2n) is 8.03. The Kier molecular flexibility index (Phi) is 5.58. The molecule has 31 heavy (non-hydrogen) atoms. The van der Waals surface area contributed by atoms with E-state index in [1.807, 2.05) is 23.7 Å². The third-order valence-corrected chi connectivity index (χ3v) is 7.54. The summed E-state index contributed by atoms with van der Waals surface area (Å²) in [7, 11) is -2.31. The number of nitrogens with zero attached hydrogens (tertiary/aromatic N) is 3. The molecule has 8 heteroatoms. The SMILES string of the molecule is Cc1ccc(N(C)S(=O)(=O)c2cccc(C(=O)Nc3ccnn3[C@@H](C)C3CC3)c2)cc1. The third kappa shape index (κ3) is 4.34. The van der Waals surface area contributed by atoms with Crippen LogP contribution in [0.25, 0.3) is 0 Å². The van der Waals surface area contributed by atoms with Gasteiger partial charge in [-0.15, -0.1) is 0 Å². The van der Waals surface area contributed by atoms with Gasteiger partial charge in [0.15, 0.2) is 0 Å². The summed E-state index contributed by atoms with van der Waals surface area (Å²) in [6.45, 7) is 4.03. The number of hydrogen-bond acceptors (Lipinski definition) is 4. The number of anilines is 2. The lowest BCUT2D eigenvalue weighted by molar-refractivity contribution is 0.102. The van der Waals surface area contributed by atoms with Gasteiger partial charge in [0.1, 0.15) is 5.82 Å². The van der Waals surface area contributed by atoms with E-state index < -0.39 is 10.0 Å². The van der Waals surface area contributed by atoms with Gasteiger partial charge in [0.25, 0.3) is 15.9 Å². The molecular formula is C23H26N4O3S. The number of rotatable bonds is 7. The van der Waals surface area contributed by atoms with Crippen molar-refractivity contribution >= 4 is 27.4 Å². The number of benzene rings is 2. The maximum Gasteiger partial charge on any atom is 0.264 e. The summed E-state index contributed by atoms with van der Waals surface area (Å²) in [5.41, 5.74) is 1.87. The van der Waals surface area contributed by atoms with Crippen molar-refractivity contribution in [2.75, 3.05) is 16.7 Å². The van der Waals surface area contributed by atoms with E-state index in [1.54, 1.807) is 36.5 Å². The van der Waals surface area contributed by atoms with E-state index in [0.29, 0.717) is 17.4 Å². The largest absolute Gasteiger partial charge is 0.307 e. The fourth-order valence-electron chi connectivity index (χ4n) is 3.55. The van der Waals surface area contributed by atoms with E-state index in [2.05, 4.69) is 17.3 Å². The summed E-state index contributed by atoms with van der Waals surface area (Å²) < 4.78 is 29.3. The lowest BCUT2D eigenvalue weighted by Gasteiger charge is -2.20. The molecule has 1 saturated carbocycles. The Morgan fingerprint density at radius 2 is 1.87 bits per heavy atom. The second kappa shape index (κ2) is 8.19. The lowest BCUT2D eigenvalue weighted by Crippen LogP contribution is -2.27. The molecule has 0 radical (unpaired) electrons. The van der Waals surface area contributed by atoms with Crippen LogP contribution in [0.1, 0.15) is 41.7 Å². The molecule has 4 rings (SSSR count). The van der Waals surface area contributed by atoms with Crippen LogP contribution < -0.4 is 9.62 Å². The number of amides is 1. The monoisotopic (exact) mass is 438 g/mol. The molecule has 1 heterocycles. The van der Waals surface area contributed by atoms with Crippen molar-refractivity contribution in [2.24, 2.45) is 5.92 Å². The quantitative estimate of drug-likeness (QED) is 0.598. The zero-order chi connectivity index (χ0) is 22.2. The van der Waals surface area contributed by atoms with Crippen LogP contribution in [0, 0.1) is 12.8 Å². The maximum absolute atomic E-state index is 13.1. The Balaban J connectivity index is 1.56. The zero-order valence-corrected chi connectivity index (χ0v) is 18.6. The summed E-state index contributed by atoms with van der Waals surface area (Å²) in [5.74, 6) is 0.815. The molecule has 2 aromatic carbocycles. The van der Waals surface area contributed by atoms with Crippen molar-refractivity contribution in [3.8, 4) is 0 Å². The average molecular weight is 439 g/mol. The normalized spacial score (nSPS) is 14.8. The molecule has 1 amide bonds. The predicted octanol–water partition coefficient (Wildman–Crippen LogP) is 4.24. The molecule has 1 aliphatic rings. The minimum atomic E-state index is -3.81. The molecule has 0 bridgehead atoms. The molecule has 162 valence electrons. The van der Waals surface area contributed by atoms with Crippen LogP contribution in [0.2, 0.25) is 0 Å². The lowest BCUT2D eigenvalue weighted by atomic mass is 10.2. The molecule has 1 aliphatic carbocycles. The average Bonchev–Trinajstić information content (AvgIpc) is 3.52. The molecule has 1 fully saturated rings. The summed E-state index contributed by atoms with van der Waals surface area (Å²) in [6, 6.07) is 15.3. The Labute approximate surface area is 182 Å². The Hall–Kier alpha value is -3.13. The molecular weight excluding hydrogens is 412 g/mol. The minimum absolute atomic E-state index is 0.0584. The van der Waals surface area contributed by atoms with Crippen LogP contribution in [0.5, 0.6) is 0 Å². The molecule has 0 unspecified atom stereocenters. The number of carbonyl (C=O) groups is 1. The first kappa shape index (κ1) is 21.1. The van der Waals surface area contributed by atoms with E-state index in [-0.39, 0.29) is 22.4 Å². The summed E-state index contributed by atoms with van der Waals surface area (Å²) >= 11 is 0. The highest BCUT2D eigenvalue weighted by Crippen LogP contribution is 2.40. The number of aromatic nitrogens is 2. The van der Waals surface area contributed by atoms with Crippen LogP contribution in [-0.4, -0.2) is 31.2 Å². The van der Waals surface area contributed by atoms with Crippen LogP contribution in [-0.2, 0) is 10.0 Å². The van der Waals surface area contributed by atoms with Crippen molar-refractivity contribution in [1.82, 2.24) is 9.78 Å². The van der Waals surface area contributed by atoms with Gasteiger partial charge in [-0.3, -0.25) is 9.10 Å². The number of nitrogens with one attached hydrogen (secondary N) is 1. The molecule has 7 nitrogen and oxygen atoms in total. The number of sulfonamides is 1. The van der Waals surface area contributed by atoms with Gasteiger partial charge in [0, 0.05) is 18.7 Å². The standard InChI is InChI=1S/C23H26N4O3S/c1-16-7-11-20(12-8-16)26(3)31(29,30)21-6-4-5-19(15-21)23(28)25-22-13-14-24-27(22)17(2)18-9-10-18/h4-8,11-15,17-18H,9-10H2,1-3H3,(H,25,28)/t17-/m0/s1. The van der Waals surface area contributed by atoms with Crippen molar-refractivity contribution in [2.45, 2.75) is 37.6 Å². The van der Waals surface area contributed by atoms with Gasteiger partial charge in [-0.05, 0) is 62.9 Å². The predicted molar refractivity (Wildman–Crippen MR) is 121 cm³/mol. The van der Waals surface area contributed by atoms with Crippen LogP contribution >= 0.6 is 0 Å². The van der Waals surface area contributed by atoms with E-state index in [1.165, 1.54) is 36.3 Å². The van der Waals surface area contributed by atoms with Gasteiger partial charge in [0.05, 0.1) is 22.8 Å². The maximum atomic E-state index is 13.1. The highest BCUT2D eigenvalue weighted by molar-refractivity contribution is 7.92. The molecule has 3 aromatic rings. The number of carbonyl (C=O) groups excluding carboxylic acids is 1. The highest BCUT2D eigenvalue weighted by Gasteiger charge is 2.31. The van der Waals surface area contributed by atoms with Gasteiger partial charge in [-0.25, -0.2) is 13.1 Å². The molecule has 0 spiro atoms. The van der Waals surface area contributed by atoms with Crippen molar-refractivity contribution in [1.29, 1.82) is 0 Å². The molecule has 1 N–H and O–H groups in total. The Bertz CT molecular complexity index is 1200. The van der Waals surface area contributed by atoms with Crippen molar-refractivity contribution < 1.29 is 13.2 Å². The van der Waals surface area contributed by atoms with Crippen LogP contribution in [0.4, 0.5) is 11.5 Å². The third-order valence-electron chi connectivity index (χ3n) is 5.75. The Morgan fingerprint density at radius 3 is 2.55 bits per heavy atom. The first-order valence-corrected chi connectivity index (χ1v) is 11.7. The molecule has 1 aromatic heterocycles. The Morgan fingerprint density at radius 1 is 1.16 bits per heavy atom. The first-order chi connectivity index (χ1) is 14.8. The van der Waals surface area contributed by atoms with E-state index >= 15 is 0 Å². The van der Waals surface area contributed by atoms with Crippen LogP contribution in [0.3, 0.4) is 0 Å². The van der Waals surface area contributed by atoms with Crippen molar-refractivity contribution in [3.05, 3.63) is 71.9 Å². The fourth-order valence-corrected chi connectivity index (χ4v) is 4.80. The summed E-state index contributed by atoms with van der Waals surface area (Å²) in [4.78, 5) is 12.9. The summed E-state index contributed by atoms with van der Waals surface area (Å²) in [5, 5.41) is 7.21. The smallest absolute Gasteiger partial charge is 0.264 e.